The lowest BCUT2D eigenvalue weighted by molar-refractivity contribution is -0.150. The fraction of sp³-hybridized carbons (Fsp3) is 0.600. The molecular weight excluding hydrogens is 272 g/mol. The van der Waals surface area contributed by atoms with Gasteiger partial charge < -0.3 is 19.3 Å². The van der Waals surface area contributed by atoms with Gasteiger partial charge in [0.05, 0.1) is 6.61 Å². The number of aromatic nitrogens is 1. The summed E-state index contributed by atoms with van der Waals surface area (Å²) in [7, 11) is 1.61. The molecule has 6 nitrogen and oxygen atoms in total. The number of nitrogens with zero attached hydrogens (tertiary/aromatic N) is 2. The Hall–Kier alpha value is -1.82. The van der Waals surface area contributed by atoms with Crippen molar-refractivity contribution >= 4 is 11.9 Å². The number of carbonyl (C=O) groups excluding carboxylic acids is 1. The van der Waals surface area contributed by atoms with Crippen LogP contribution in [0.1, 0.15) is 36.7 Å². The van der Waals surface area contributed by atoms with Gasteiger partial charge in [-0.1, -0.05) is 0 Å². The molecule has 21 heavy (non-hydrogen) atoms. The van der Waals surface area contributed by atoms with Crippen LogP contribution >= 0.6 is 0 Å². The summed E-state index contributed by atoms with van der Waals surface area (Å²) in [5, 5.41) is 9.50. The molecular formula is C15H22N2O4. The Labute approximate surface area is 124 Å². The summed E-state index contributed by atoms with van der Waals surface area (Å²) in [6.07, 6.45) is 3.98. The van der Waals surface area contributed by atoms with Crippen LogP contribution in [0.15, 0.2) is 18.3 Å². The van der Waals surface area contributed by atoms with E-state index in [9.17, 15) is 14.7 Å². The number of carboxylic acid groups (broad SMARTS) is 1. The van der Waals surface area contributed by atoms with Gasteiger partial charge in [0.2, 0.25) is 0 Å². The van der Waals surface area contributed by atoms with Crippen molar-refractivity contribution in [3.05, 3.63) is 24.0 Å². The third kappa shape index (κ3) is 2.95. The SMILES string of the molecule is COCCn1cccc1C(=O)N1CCCCC1(C)C(=O)O. The highest BCUT2D eigenvalue weighted by Gasteiger charge is 2.44. The van der Waals surface area contributed by atoms with Crippen molar-refractivity contribution in [2.24, 2.45) is 0 Å². The van der Waals surface area contributed by atoms with E-state index < -0.39 is 11.5 Å². The zero-order valence-electron chi connectivity index (χ0n) is 12.5. The number of aliphatic carboxylic acids is 1. The lowest BCUT2D eigenvalue weighted by Crippen LogP contribution is -2.57. The molecule has 1 unspecified atom stereocenters. The standard InChI is InChI=1S/C15H22N2O4/c1-15(14(19)20)7-3-4-9-17(15)13(18)12-6-5-8-16(12)10-11-21-2/h5-6,8H,3-4,7,9-11H2,1-2H3,(H,19,20). The lowest BCUT2D eigenvalue weighted by Gasteiger charge is -2.41. The van der Waals surface area contributed by atoms with Gasteiger partial charge in [-0.3, -0.25) is 4.79 Å². The molecule has 2 heterocycles. The van der Waals surface area contributed by atoms with E-state index in [-0.39, 0.29) is 5.91 Å². The number of carboxylic acids is 1. The van der Waals surface area contributed by atoms with Crippen LogP contribution in [0, 0.1) is 0 Å². The summed E-state index contributed by atoms with van der Waals surface area (Å²) >= 11 is 0. The summed E-state index contributed by atoms with van der Waals surface area (Å²) in [4.78, 5) is 25.9. The number of amides is 1. The Morgan fingerprint density at radius 1 is 1.43 bits per heavy atom. The number of hydrogen-bond donors (Lipinski definition) is 1. The zero-order valence-corrected chi connectivity index (χ0v) is 12.5. The van der Waals surface area contributed by atoms with Gasteiger partial charge >= 0.3 is 5.97 Å². The van der Waals surface area contributed by atoms with Crippen molar-refractivity contribution in [3.63, 3.8) is 0 Å². The highest BCUT2D eigenvalue weighted by molar-refractivity contribution is 5.96. The molecule has 1 aromatic heterocycles. The minimum Gasteiger partial charge on any atom is -0.480 e. The molecule has 2 rings (SSSR count). The highest BCUT2D eigenvalue weighted by Crippen LogP contribution is 2.29. The first-order chi connectivity index (χ1) is 10.0. The monoisotopic (exact) mass is 294 g/mol. The maximum absolute atomic E-state index is 12.8. The molecule has 1 aromatic rings. The molecule has 0 spiro atoms. The molecule has 1 aliphatic rings. The first-order valence-corrected chi connectivity index (χ1v) is 7.20. The molecule has 0 aromatic carbocycles. The van der Waals surface area contributed by atoms with Crippen molar-refractivity contribution in [2.45, 2.75) is 38.3 Å². The summed E-state index contributed by atoms with van der Waals surface area (Å²) in [6.45, 7) is 3.19. The smallest absolute Gasteiger partial charge is 0.329 e. The number of likely N-dealkylation sites (tertiary alicyclic amines) is 1. The second kappa shape index (κ2) is 6.30. The predicted molar refractivity (Wildman–Crippen MR) is 77.2 cm³/mol. The van der Waals surface area contributed by atoms with Gasteiger partial charge in [0.25, 0.3) is 5.91 Å². The second-order valence-electron chi connectivity index (χ2n) is 5.57. The zero-order chi connectivity index (χ0) is 15.5. The largest absolute Gasteiger partial charge is 0.480 e. The fourth-order valence-electron chi connectivity index (χ4n) is 2.80. The van der Waals surface area contributed by atoms with Gasteiger partial charge in [-0.25, -0.2) is 4.79 Å². The van der Waals surface area contributed by atoms with E-state index in [1.165, 1.54) is 4.90 Å². The lowest BCUT2D eigenvalue weighted by atomic mass is 9.88. The minimum absolute atomic E-state index is 0.222. The van der Waals surface area contributed by atoms with E-state index in [4.69, 9.17) is 4.74 Å². The van der Waals surface area contributed by atoms with Gasteiger partial charge in [0, 0.05) is 26.4 Å². The average Bonchev–Trinajstić information content (AvgIpc) is 2.93. The predicted octanol–water partition coefficient (Wildman–Crippen LogP) is 1.60. The van der Waals surface area contributed by atoms with Crippen LogP contribution < -0.4 is 0 Å². The summed E-state index contributed by atoms with van der Waals surface area (Å²) in [5.74, 6) is -1.16. The molecule has 0 aliphatic carbocycles. The summed E-state index contributed by atoms with van der Waals surface area (Å²) in [6, 6.07) is 3.53. The number of ether oxygens (including phenoxy) is 1. The highest BCUT2D eigenvalue weighted by atomic mass is 16.5. The van der Waals surface area contributed by atoms with Crippen LogP contribution in [0.5, 0.6) is 0 Å². The first kappa shape index (κ1) is 15.6. The van der Waals surface area contributed by atoms with Crippen molar-refractivity contribution in [1.29, 1.82) is 0 Å². The first-order valence-electron chi connectivity index (χ1n) is 7.20. The average molecular weight is 294 g/mol. The number of piperidine rings is 1. The van der Waals surface area contributed by atoms with Crippen LogP contribution in [-0.4, -0.2) is 52.3 Å². The molecule has 0 saturated carbocycles. The maximum Gasteiger partial charge on any atom is 0.329 e. The molecule has 1 saturated heterocycles. The van der Waals surface area contributed by atoms with Crippen LogP contribution in [0.25, 0.3) is 0 Å². The Morgan fingerprint density at radius 3 is 2.86 bits per heavy atom. The third-order valence-electron chi connectivity index (χ3n) is 4.18. The number of methoxy groups -OCH3 is 1. The van der Waals surface area contributed by atoms with E-state index in [0.29, 0.717) is 31.8 Å². The normalized spacial score (nSPS) is 22.3. The number of rotatable bonds is 5. The molecule has 1 N–H and O–H groups in total. The summed E-state index contributed by atoms with van der Waals surface area (Å²) in [5.41, 5.74) is -0.604. The van der Waals surface area contributed by atoms with Gasteiger partial charge in [-0.2, -0.15) is 0 Å². The Kier molecular flexibility index (Phi) is 4.67. The van der Waals surface area contributed by atoms with E-state index in [2.05, 4.69) is 0 Å². The maximum atomic E-state index is 12.8. The number of carbonyl (C=O) groups is 2. The van der Waals surface area contributed by atoms with Crippen molar-refractivity contribution in [1.82, 2.24) is 9.47 Å². The van der Waals surface area contributed by atoms with Gasteiger partial charge in [0.15, 0.2) is 0 Å². The molecule has 1 fully saturated rings. The fourth-order valence-corrected chi connectivity index (χ4v) is 2.80. The van der Waals surface area contributed by atoms with E-state index in [1.54, 1.807) is 26.2 Å². The van der Waals surface area contributed by atoms with E-state index >= 15 is 0 Å². The molecule has 1 atom stereocenters. The number of hydrogen-bond acceptors (Lipinski definition) is 3. The van der Waals surface area contributed by atoms with Crippen molar-refractivity contribution in [3.8, 4) is 0 Å². The topological polar surface area (TPSA) is 71.8 Å². The molecule has 0 radical (unpaired) electrons. The van der Waals surface area contributed by atoms with Gasteiger partial charge in [-0.05, 0) is 38.3 Å². The van der Waals surface area contributed by atoms with Crippen LogP contribution in [0.4, 0.5) is 0 Å². The van der Waals surface area contributed by atoms with Crippen LogP contribution in [0.3, 0.4) is 0 Å². The Balaban J connectivity index is 2.25. The van der Waals surface area contributed by atoms with Gasteiger partial charge in [-0.15, -0.1) is 0 Å². The third-order valence-corrected chi connectivity index (χ3v) is 4.18. The molecule has 0 bridgehead atoms. The summed E-state index contributed by atoms with van der Waals surface area (Å²) < 4.78 is 6.84. The molecule has 1 amide bonds. The quantitative estimate of drug-likeness (QED) is 0.895. The van der Waals surface area contributed by atoms with E-state index in [0.717, 1.165) is 12.8 Å². The van der Waals surface area contributed by atoms with E-state index in [1.807, 2.05) is 10.8 Å². The molecule has 6 heteroatoms. The second-order valence-corrected chi connectivity index (χ2v) is 5.57. The molecule has 1 aliphatic heterocycles. The van der Waals surface area contributed by atoms with Crippen molar-refractivity contribution < 1.29 is 19.4 Å². The van der Waals surface area contributed by atoms with Crippen LogP contribution in [-0.2, 0) is 16.1 Å². The van der Waals surface area contributed by atoms with Gasteiger partial charge in [0.1, 0.15) is 11.2 Å². The molecule has 116 valence electrons. The Bertz CT molecular complexity index is 525. The van der Waals surface area contributed by atoms with Crippen molar-refractivity contribution in [2.75, 3.05) is 20.3 Å². The minimum atomic E-state index is -1.12. The van der Waals surface area contributed by atoms with Crippen LogP contribution in [0.2, 0.25) is 0 Å². The Morgan fingerprint density at radius 2 is 2.19 bits per heavy atom.